The predicted octanol–water partition coefficient (Wildman–Crippen LogP) is 0.427. The van der Waals surface area contributed by atoms with Gasteiger partial charge in [0.05, 0.1) is 11.0 Å². The van der Waals surface area contributed by atoms with Gasteiger partial charge in [-0.3, -0.25) is 14.9 Å². The summed E-state index contributed by atoms with van der Waals surface area (Å²) in [5, 5.41) is 9.39. The summed E-state index contributed by atoms with van der Waals surface area (Å²) in [5.74, 6) is -0.816. The van der Waals surface area contributed by atoms with Crippen molar-refractivity contribution >= 4 is 52.7 Å². The summed E-state index contributed by atoms with van der Waals surface area (Å²) < 4.78 is 1.16. The molecule has 0 spiro atoms. The van der Waals surface area contributed by atoms with Crippen molar-refractivity contribution in [3.8, 4) is 0 Å². The number of hydrogen-bond acceptors (Lipinski definition) is 8. The monoisotopic (exact) mass is 349 g/mol. The largest absolute Gasteiger partial charge is 0.369 e. The van der Waals surface area contributed by atoms with Crippen molar-refractivity contribution in [3.05, 3.63) is 0 Å². The molecule has 0 aliphatic carbocycles. The van der Waals surface area contributed by atoms with Gasteiger partial charge in [0, 0.05) is 0 Å². The highest BCUT2D eigenvalue weighted by Gasteiger charge is 2.26. The minimum atomic E-state index is -0.888. The fourth-order valence-electron chi connectivity index (χ4n) is 1.23. The maximum absolute atomic E-state index is 11.9. The molecule has 21 heavy (non-hydrogen) atoms. The van der Waals surface area contributed by atoms with E-state index in [0.29, 0.717) is 8.68 Å². The normalized spacial score (nSPS) is 12.1. The Hall–Kier alpha value is -1.33. The maximum Gasteiger partial charge on any atom is 0.318 e. The topological polar surface area (TPSA) is 141 Å². The Labute approximate surface area is 133 Å². The van der Waals surface area contributed by atoms with E-state index in [1.54, 1.807) is 0 Å². The lowest BCUT2D eigenvalue weighted by atomic mass is 10.1. The highest BCUT2D eigenvalue weighted by atomic mass is 32.2. The van der Waals surface area contributed by atoms with Gasteiger partial charge in [0.15, 0.2) is 8.68 Å². The number of hydrogen-bond donors (Lipinski definition) is 3. The molecule has 0 aliphatic rings. The molecule has 0 aromatic carbocycles. The number of urea groups is 1. The second kappa shape index (κ2) is 8.20. The first-order valence-corrected chi connectivity index (χ1v) is 8.49. The van der Waals surface area contributed by atoms with Crippen LogP contribution in [0.1, 0.15) is 13.8 Å². The number of aromatic nitrogens is 2. The molecule has 1 heterocycles. The molecule has 1 atom stereocenters. The van der Waals surface area contributed by atoms with Crippen molar-refractivity contribution < 1.29 is 14.4 Å². The zero-order valence-electron chi connectivity index (χ0n) is 11.4. The first-order valence-electron chi connectivity index (χ1n) is 5.81. The second-order valence-corrected chi connectivity index (χ2v) is 7.81. The smallest absolute Gasteiger partial charge is 0.318 e. The third-order valence-electron chi connectivity index (χ3n) is 2.06. The average Bonchev–Trinajstić information content (AvgIpc) is 2.79. The molecular formula is C10H15N5O3S3. The van der Waals surface area contributed by atoms with E-state index in [2.05, 4.69) is 15.5 Å². The first kappa shape index (κ1) is 17.7. The molecular weight excluding hydrogens is 334 g/mol. The van der Waals surface area contributed by atoms with Crippen molar-refractivity contribution in [2.75, 3.05) is 5.75 Å². The van der Waals surface area contributed by atoms with Crippen LogP contribution in [0.4, 0.5) is 4.79 Å². The minimum absolute atomic E-state index is 0.0278. The molecule has 0 radical (unpaired) electrons. The summed E-state index contributed by atoms with van der Waals surface area (Å²) in [6.07, 6.45) is 0. The molecule has 1 aromatic rings. The lowest BCUT2D eigenvalue weighted by molar-refractivity contribution is -0.120. The van der Waals surface area contributed by atoms with E-state index in [-0.39, 0.29) is 11.7 Å². The van der Waals surface area contributed by atoms with Crippen molar-refractivity contribution in [2.24, 2.45) is 17.4 Å². The number of thioether (sulfide) groups is 2. The van der Waals surface area contributed by atoms with Gasteiger partial charge in [-0.2, -0.15) is 0 Å². The number of carbonyl (C=O) groups is 3. The van der Waals surface area contributed by atoms with Gasteiger partial charge >= 0.3 is 6.03 Å². The van der Waals surface area contributed by atoms with E-state index < -0.39 is 23.1 Å². The first-order chi connectivity index (χ1) is 9.79. The van der Waals surface area contributed by atoms with Crippen LogP contribution >= 0.6 is 34.9 Å². The van der Waals surface area contributed by atoms with Crippen molar-refractivity contribution in [1.82, 2.24) is 15.5 Å². The molecule has 0 saturated heterocycles. The minimum Gasteiger partial charge on any atom is -0.369 e. The SMILES string of the molecule is CC(C)C(Sc1nnc(SCC(N)=O)s1)C(=O)NC(N)=O. The van der Waals surface area contributed by atoms with Crippen LogP contribution < -0.4 is 16.8 Å². The third-order valence-corrected chi connectivity index (χ3v) is 5.77. The maximum atomic E-state index is 11.9. The molecule has 0 saturated carbocycles. The lowest BCUT2D eigenvalue weighted by Gasteiger charge is -2.16. The van der Waals surface area contributed by atoms with E-state index >= 15 is 0 Å². The zero-order chi connectivity index (χ0) is 16.0. The van der Waals surface area contributed by atoms with Gasteiger partial charge in [0.2, 0.25) is 11.8 Å². The molecule has 1 rings (SSSR count). The number of rotatable bonds is 7. The molecule has 4 amide bonds. The molecule has 1 aromatic heterocycles. The molecule has 8 nitrogen and oxygen atoms in total. The Kier molecular flexibility index (Phi) is 6.92. The van der Waals surface area contributed by atoms with Crippen LogP contribution in [0, 0.1) is 5.92 Å². The van der Waals surface area contributed by atoms with Crippen LogP contribution in [0.15, 0.2) is 8.68 Å². The van der Waals surface area contributed by atoms with Gasteiger partial charge in [0.25, 0.3) is 0 Å². The van der Waals surface area contributed by atoms with E-state index in [4.69, 9.17) is 11.5 Å². The summed E-state index contributed by atoms with van der Waals surface area (Å²) in [5.41, 5.74) is 9.99. The fraction of sp³-hybridized carbons (Fsp3) is 0.500. The summed E-state index contributed by atoms with van der Waals surface area (Å²) in [4.78, 5) is 33.3. The molecule has 11 heteroatoms. The molecule has 0 fully saturated rings. The van der Waals surface area contributed by atoms with E-state index in [0.717, 1.165) is 0 Å². The van der Waals surface area contributed by atoms with E-state index in [1.165, 1.54) is 34.9 Å². The Balaban J connectivity index is 2.69. The highest BCUT2D eigenvalue weighted by molar-refractivity contribution is 8.04. The third kappa shape index (κ3) is 6.31. The number of nitrogens with one attached hydrogen (secondary N) is 1. The average molecular weight is 349 g/mol. The number of nitrogens with two attached hydrogens (primary N) is 2. The fourth-order valence-corrected chi connectivity index (χ4v) is 4.20. The standard InChI is InChI=1S/C10H15N5O3S3/c1-4(2)6(7(17)13-8(12)18)20-10-15-14-9(21-10)19-3-5(11)16/h4,6H,3H2,1-2H3,(H2,11,16)(H3,12,13,17,18). The Morgan fingerprint density at radius 3 is 2.38 bits per heavy atom. The number of primary amides is 2. The molecule has 116 valence electrons. The highest BCUT2D eigenvalue weighted by Crippen LogP contribution is 2.33. The number of imide groups is 1. The van der Waals surface area contributed by atoms with Crippen LogP contribution in [0.2, 0.25) is 0 Å². The Morgan fingerprint density at radius 1 is 1.24 bits per heavy atom. The molecule has 5 N–H and O–H groups in total. The zero-order valence-corrected chi connectivity index (χ0v) is 13.8. The second-order valence-electron chi connectivity index (χ2n) is 4.22. The molecule has 0 bridgehead atoms. The van der Waals surface area contributed by atoms with Crippen molar-refractivity contribution in [2.45, 2.75) is 27.8 Å². The Bertz CT molecular complexity index is 534. The van der Waals surface area contributed by atoms with E-state index in [9.17, 15) is 14.4 Å². The summed E-state index contributed by atoms with van der Waals surface area (Å²) in [7, 11) is 0. The van der Waals surface area contributed by atoms with Crippen molar-refractivity contribution in [3.63, 3.8) is 0 Å². The summed E-state index contributed by atoms with van der Waals surface area (Å²) in [6.45, 7) is 3.70. The molecule has 0 aliphatic heterocycles. The van der Waals surface area contributed by atoms with Crippen LogP contribution in [0.3, 0.4) is 0 Å². The van der Waals surface area contributed by atoms with Crippen LogP contribution in [-0.2, 0) is 9.59 Å². The van der Waals surface area contributed by atoms with Gasteiger partial charge in [-0.25, -0.2) is 4.79 Å². The molecule has 1 unspecified atom stereocenters. The van der Waals surface area contributed by atoms with Gasteiger partial charge < -0.3 is 11.5 Å². The summed E-state index contributed by atoms with van der Waals surface area (Å²) in [6, 6.07) is -0.888. The number of amides is 4. The van der Waals surface area contributed by atoms with Crippen molar-refractivity contribution in [1.29, 1.82) is 0 Å². The van der Waals surface area contributed by atoms with Gasteiger partial charge in [-0.1, -0.05) is 48.7 Å². The lowest BCUT2D eigenvalue weighted by Crippen LogP contribution is -2.42. The van der Waals surface area contributed by atoms with Crippen LogP contribution in [0.25, 0.3) is 0 Å². The number of carbonyl (C=O) groups excluding carboxylic acids is 3. The van der Waals surface area contributed by atoms with Gasteiger partial charge in [-0.05, 0) is 5.92 Å². The summed E-state index contributed by atoms with van der Waals surface area (Å²) >= 11 is 3.64. The predicted molar refractivity (Wildman–Crippen MR) is 82.0 cm³/mol. The van der Waals surface area contributed by atoms with E-state index in [1.807, 2.05) is 13.8 Å². The van der Waals surface area contributed by atoms with Gasteiger partial charge in [-0.15, -0.1) is 10.2 Å². The van der Waals surface area contributed by atoms with Crippen LogP contribution in [0.5, 0.6) is 0 Å². The number of nitrogens with zero attached hydrogens (tertiary/aromatic N) is 2. The quantitative estimate of drug-likeness (QED) is 0.606. The van der Waals surface area contributed by atoms with Crippen LogP contribution in [-0.4, -0.2) is 39.0 Å². The van der Waals surface area contributed by atoms with Gasteiger partial charge in [0.1, 0.15) is 0 Å². The Morgan fingerprint density at radius 2 is 1.86 bits per heavy atom.